The predicted octanol–water partition coefficient (Wildman–Crippen LogP) is 1.28. The number of fused-ring (bicyclic) bond motifs is 1. The maximum Gasteiger partial charge on any atom is 0.109 e. The summed E-state index contributed by atoms with van der Waals surface area (Å²) in [7, 11) is 0. The van der Waals surface area contributed by atoms with Crippen LogP contribution < -0.4 is 5.73 Å². The van der Waals surface area contributed by atoms with Crippen LogP contribution >= 0.6 is 0 Å². The highest BCUT2D eigenvalue weighted by Gasteiger charge is 2.17. The van der Waals surface area contributed by atoms with Crippen molar-refractivity contribution in [2.24, 2.45) is 5.73 Å². The molecule has 3 nitrogen and oxygen atoms in total. The lowest BCUT2D eigenvalue weighted by Gasteiger charge is -2.20. The van der Waals surface area contributed by atoms with Gasteiger partial charge < -0.3 is 10.3 Å². The Labute approximate surface area is 79.0 Å². The van der Waals surface area contributed by atoms with Gasteiger partial charge in [0, 0.05) is 25.1 Å². The Morgan fingerprint density at radius 2 is 2.54 bits per heavy atom. The molecule has 0 amide bonds. The number of nitrogens with two attached hydrogens (primary N) is 1. The molecule has 0 radical (unpaired) electrons. The van der Waals surface area contributed by atoms with Gasteiger partial charge in [0.2, 0.25) is 0 Å². The van der Waals surface area contributed by atoms with Crippen molar-refractivity contribution >= 4 is 0 Å². The number of nitrogens with zero attached hydrogens (tertiary/aromatic N) is 2. The third-order valence-corrected chi connectivity index (χ3v) is 2.76. The van der Waals surface area contributed by atoms with Crippen LogP contribution in [0.25, 0.3) is 0 Å². The Balaban J connectivity index is 2.25. The third-order valence-electron chi connectivity index (χ3n) is 2.76. The first kappa shape index (κ1) is 8.75. The summed E-state index contributed by atoms with van der Waals surface area (Å²) < 4.78 is 2.31. The highest BCUT2D eigenvalue weighted by Crippen LogP contribution is 2.23. The van der Waals surface area contributed by atoms with Gasteiger partial charge >= 0.3 is 0 Å². The smallest absolute Gasteiger partial charge is 0.109 e. The summed E-state index contributed by atoms with van der Waals surface area (Å²) in [6, 6.07) is 0.628. The van der Waals surface area contributed by atoms with Crippen LogP contribution in [0.15, 0.2) is 6.20 Å². The van der Waals surface area contributed by atoms with Gasteiger partial charge in [-0.05, 0) is 26.3 Å². The molecule has 1 atom stereocenters. The molecule has 0 spiro atoms. The number of rotatable bonds is 2. The Hall–Kier alpha value is -0.830. The lowest BCUT2D eigenvalue weighted by molar-refractivity contribution is 0.425. The standard InChI is InChI=1S/C10H17N3/c1-8-3-2-4-10-12-9(5-6-11)7-13(8)10/h7-8H,2-6,11H2,1H3. The van der Waals surface area contributed by atoms with Gasteiger partial charge in [-0.3, -0.25) is 0 Å². The van der Waals surface area contributed by atoms with E-state index in [1.54, 1.807) is 0 Å². The second-order valence-electron chi connectivity index (χ2n) is 3.84. The lowest BCUT2D eigenvalue weighted by Crippen LogP contribution is -2.14. The second-order valence-corrected chi connectivity index (χ2v) is 3.84. The van der Waals surface area contributed by atoms with Crippen molar-refractivity contribution in [1.29, 1.82) is 0 Å². The van der Waals surface area contributed by atoms with Crippen molar-refractivity contribution in [3.63, 3.8) is 0 Å². The zero-order valence-corrected chi connectivity index (χ0v) is 8.16. The summed E-state index contributed by atoms with van der Waals surface area (Å²) in [5, 5.41) is 0. The number of hydrogen-bond acceptors (Lipinski definition) is 2. The van der Waals surface area contributed by atoms with Crippen molar-refractivity contribution in [2.75, 3.05) is 6.54 Å². The topological polar surface area (TPSA) is 43.8 Å². The van der Waals surface area contributed by atoms with Crippen LogP contribution in [0.2, 0.25) is 0 Å². The lowest BCUT2D eigenvalue weighted by atomic mass is 10.1. The minimum atomic E-state index is 0.628. The molecule has 13 heavy (non-hydrogen) atoms. The van der Waals surface area contributed by atoms with Gasteiger partial charge in [-0.15, -0.1) is 0 Å². The molecule has 1 aliphatic heterocycles. The number of aromatic nitrogens is 2. The largest absolute Gasteiger partial charge is 0.332 e. The maximum absolute atomic E-state index is 5.50. The van der Waals surface area contributed by atoms with E-state index in [-0.39, 0.29) is 0 Å². The van der Waals surface area contributed by atoms with Gasteiger partial charge in [0.25, 0.3) is 0 Å². The third kappa shape index (κ3) is 1.61. The van der Waals surface area contributed by atoms with E-state index in [4.69, 9.17) is 5.73 Å². The van der Waals surface area contributed by atoms with Crippen LogP contribution in [0.5, 0.6) is 0 Å². The molecule has 1 aliphatic rings. The summed E-state index contributed by atoms with van der Waals surface area (Å²) in [6.45, 7) is 2.96. The summed E-state index contributed by atoms with van der Waals surface area (Å²) in [5.74, 6) is 1.25. The first-order valence-electron chi connectivity index (χ1n) is 5.08. The second kappa shape index (κ2) is 3.50. The Morgan fingerprint density at radius 3 is 3.23 bits per heavy atom. The van der Waals surface area contributed by atoms with E-state index in [1.165, 1.54) is 18.7 Å². The molecule has 2 rings (SSSR count). The fourth-order valence-corrected chi connectivity index (χ4v) is 2.02. The molecular formula is C10H17N3. The maximum atomic E-state index is 5.50. The molecule has 3 heteroatoms. The Kier molecular flexibility index (Phi) is 2.36. The highest BCUT2D eigenvalue weighted by atomic mass is 15.1. The van der Waals surface area contributed by atoms with Crippen molar-refractivity contribution in [3.8, 4) is 0 Å². The van der Waals surface area contributed by atoms with E-state index in [0.717, 1.165) is 18.5 Å². The first-order valence-corrected chi connectivity index (χ1v) is 5.08. The average Bonchev–Trinajstić information content (AvgIpc) is 2.49. The zero-order valence-electron chi connectivity index (χ0n) is 8.16. The highest BCUT2D eigenvalue weighted by molar-refractivity contribution is 5.08. The molecule has 0 fully saturated rings. The number of hydrogen-bond donors (Lipinski definition) is 1. The number of imidazole rings is 1. The molecule has 1 aromatic heterocycles. The van der Waals surface area contributed by atoms with Gasteiger partial charge in [-0.25, -0.2) is 4.98 Å². The van der Waals surface area contributed by atoms with Crippen LogP contribution in [-0.2, 0) is 12.8 Å². The van der Waals surface area contributed by atoms with Crippen LogP contribution in [0, 0.1) is 0 Å². The molecule has 0 aromatic carbocycles. The molecule has 0 saturated heterocycles. The van der Waals surface area contributed by atoms with Gasteiger partial charge in [-0.1, -0.05) is 0 Å². The van der Waals surface area contributed by atoms with Crippen LogP contribution in [0.4, 0.5) is 0 Å². The summed E-state index contributed by atoms with van der Waals surface area (Å²) in [6.07, 6.45) is 6.78. The van der Waals surface area contributed by atoms with E-state index in [2.05, 4.69) is 22.7 Å². The molecule has 2 N–H and O–H groups in total. The average molecular weight is 179 g/mol. The minimum Gasteiger partial charge on any atom is -0.332 e. The molecule has 1 unspecified atom stereocenters. The van der Waals surface area contributed by atoms with Crippen LogP contribution in [0.3, 0.4) is 0 Å². The summed E-state index contributed by atoms with van der Waals surface area (Å²) in [5.41, 5.74) is 6.66. The molecular weight excluding hydrogens is 162 g/mol. The monoisotopic (exact) mass is 179 g/mol. The SMILES string of the molecule is CC1CCCc2nc(CCN)cn21. The normalized spacial score (nSPS) is 21.5. The summed E-state index contributed by atoms with van der Waals surface area (Å²) in [4.78, 5) is 4.57. The van der Waals surface area contributed by atoms with E-state index in [9.17, 15) is 0 Å². The first-order chi connectivity index (χ1) is 6.31. The van der Waals surface area contributed by atoms with E-state index >= 15 is 0 Å². The Bertz CT molecular complexity index is 290. The van der Waals surface area contributed by atoms with E-state index in [1.807, 2.05) is 0 Å². The van der Waals surface area contributed by atoms with Gasteiger partial charge in [0.15, 0.2) is 0 Å². The molecule has 2 heterocycles. The minimum absolute atomic E-state index is 0.628. The molecule has 0 aliphatic carbocycles. The van der Waals surface area contributed by atoms with Crippen molar-refractivity contribution < 1.29 is 0 Å². The molecule has 1 aromatic rings. The molecule has 0 bridgehead atoms. The zero-order chi connectivity index (χ0) is 9.26. The van der Waals surface area contributed by atoms with Crippen molar-refractivity contribution in [3.05, 3.63) is 17.7 Å². The van der Waals surface area contributed by atoms with Gasteiger partial charge in [0.05, 0.1) is 5.69 Å². The van der Waals surface area contributed by atoms with Crippen LogP contribution in [0.1, 0.15) is 37.3 Å². The van der Waals surface area contributed by atoms with E-state index in [0.29, 0.717) is 12.6 Å². The van der Waals surface area contributed by atoms with Crippen LogP contribution in [-0.4, -0.2) is 16.1 Å². The molecule has 72 valence electrons. The number of aryl methyl sites for hydroxylation is 1. The fraction of sp³-hybridized carbons (Fsp3) is 0.700. The molecule has 0 saturated carbocycles. The Morgan fingerprint density at radius 1 is 1.69 bits per heavy atom. The van der Waals surface area contributed by atoms with Crippen molar-refractivity contribution in [2.45, 2.75) is 38.6 Å². The predicted molar refractivity (Wildman–Crippen MR) is 52.6 cm³/mol. The van der Waals surface area contributed by atoms with E-state index < -0.39 is 0 Å². The summed E-state index contributed by atoms with van der Waals surface area (Å²) >= 11 is 0. The van der Waals surface area contributed by atoms with Crippen molar-refractivity contribution in [1.82, 2.24) is 9.55 Å². The quantitative estimate of drug-likeness (QED) is 0.743. The van der Waals surface area contributed by atoms with Gasteiger partial charge in [0.1, 0.15) is 5.82 Å². The van der Waals surface area contributed by atoms with Gasteiger partial charge in [-0.2, -0.15) is 0 Å². The fourth-order valence-electron chi connectivity index (χ4n) is 2.02.